The Labute approximate surface area is 214 Å². The molecular weight excluding hydrogens is 504 g/mol. The molecule has 2 heterocycles. The van der Waals surface area contributed by atoms with Crippen molar-refractivity contribution < 1.29 is 19.1 Å². The van der Waals surface area contributed by atoms with E-state index in [1.807, 2.05) is 48.5 Å². The maximum atomic E-state index is 13.5. The number of anilines is 1. The second kappa shape index (κ2) is 9.65. The number of thiophene rings is 1. The van der Waals surface area contributed by atoms with E-state index in [1.54, 1.807) is 36.5 Å². The molecule has 0 aliphatic rings. The SMILES string of the molecule is COC(=O)N(C(=O)c1sc2ccccc2c1Cl)c1ccc(OCc2nc3ccccc3s2)cc1C. The number of hydrogen-bond donors (Lipinski definition) is 0. The molecule has 0 fully saturated rings. The number of halogens is 1. The van der Waals surface area contributed by atoms with Gasteiger partial charge >= 0.3 is 6.09 Å². The number of methoxy groups -OCH3 is 1. The highest BCUT2D eigenvalue weighted by Gasteiger charge is 2.30. The molecule has 0 aliphatic heterocycles. The first-order chi connectivity index (χ1) is 17.0. The van der Waals surface area contributed by atoms with Crippen LogP contribution < -0.4 is 9.64 Å². The molecule has 3 aromatic carbocycles. The lowest BCUT2D eigenvalue weighted by molar-refractivity contribution is 0.0979. The van der Waals surface area contributed by atoms with E-state index in [9.17, 15) is 9.59 Å². The van der Waals surface area contributed by atoms with Crippen molar-refractivity contribution in [3.05, 3.63) is 87.2 Å². The number of hydrogen-bond acceptors (Lipinski definition) is 7. The van der Waals surface area contributed by atoms with Crippen LogP contribution in [0.3, 0.4) is 0 Å². The second-order valence-electron chi connectivity index (χ2n) is 7.66. The third kappa shape index (κ3) is 4.48. The van der Waals surface area contributed by atoms with Gasteiger partial charge in [0, 0.05) is 10.1 Å². The topological polar surface area (TPSA) is 68.7 Å². The van der Waals surface area contributed by atoms with Crippen molar-refractivity contribution in [1.29, 1.82) is 0 Å². The van der Waals surface area contributed by atoms with Crippen LogP contribution in [0.5, 0.6) is 5.75 Å². The Kier molecular flexibility index (Phi) is 6.42. The van der Waals surface area contributed by atoms with Gasteiger partial charge in [-0.25, -0.2) is 14.7 Å². The molecule has 35 heavy (non-hydrogen) atoms. The summed E-state index contributed by atoms with van der Waals surface area (Å²) in [4.78, 5) is 32.0. The molecule has 0 radical (unpaired) electrons. The summed E-state index contributed by atoms with van der Waals surface area (Å²) in [7, 11) is 1.24. The molecule has 0 spiro atoms. The first kappa shape index (κ1) is 23.3. The van der Waals surface area contributed by atoms with Gasteiger partial charge in [0.25, 0.3) is 5.91 Å². The number of aryl methyl sites for hydroxylation is 1. The summed E-state index contributed by atoms with van der Waals surface area (Å²) in [5, 5.41) is 1.94. The van der Waals surface area contributed by atoms with Gasteiger partial charge in [-0.1, -0.05) is 41.9 Å². The maximum absolute atomic E-state index is 13.5. The summed E-state index contributed by atoms with van der Waals surface area (Å²) < 4.78 is 12.8. The van der Waals surface area contributed by atoms with Gasteiger partial charge in [0.05, 0.1) is 28.0 Å². The average Bonchev–Trinajstić information content (AvgIpc) is 3.44. The smallest absolute Gasteiger partial charge is 0.421 e. The molecule has 0 unspecified atom stereocenters. The molecule has 0 atom stereocenters. The van der Waals surface area contributed by atoms with Crippen LogP contribution in [0.25, 0.3) is 20.3 Å². The highest BCUT2D eigenvalue weighted by molar-refractivity contribution is 7.21. The Balaban J connectivity index is 1.41. The lowest BCUT2D eigenvalue weighted by atomic mass is 10.1. The highest BCUT2D eigenvalue weighted by atomic mass is 35.5. The van der Waals surface area contributed by atoms with Crippen molar-refractivity contribution in [2.75, 3.05) is 12.0 Å². The Morgan fingerprint density at radius 2 is 1.74 bits per heavy atom. The van der Waals surface area contributed by atoms with Crippen LogP contribution in [-0.4, -0.2) is 24.1 Å². The summed E-state index contributed by atoms with van der Waals surface area (Å²) in [6, 6.07) is 20.5. The number of carbonyl (C=O) groups excluding carboxylic acids is 2. The quantitative estimate of drug-likeness (QED) is 0.239. The van der Waals surface area contributed by atoms with Crippen LogP contribution in [0.1, 0.15) is 20.2 Å². The minimum atomic E-state index is -0.797. The standard InChI is InChI=1S/C26H19ClN2O4S2/c1-15-13-16(33-14-22-28-18-8-4-6-10-21(18)34-22)11-12-19(15)29(26(31)32-2)25(30)24-23(27)17-7-3-5-9-20(17)35-24/h3-13H,14H2,1-2H3. The lowest BCUT2D eigenvalue weighted by Crippen LogP contribution is -2.37. The molecule has 5 rings (SSSR count). The monoisotopic (exact) mass is 522 g/mol. The molecule has 5 aromatic rings. The van der Waals surface area contributed by atoms with Crippen LogP contribution in [0, 0.1) is 6.92 Å². The highest BCUT2D eigenvalue weighted by Crippen LogP contribution is 2.37. The molecule has 0 saturated carbocycles. The summed E-state index contributed by atoms with van der Waals surface area (Å²) in [6.45, 7) is 2.12. The average molecular weight is 523 g/mol. The molecule has 2 amide bonds. The Morgan fingerprint density at radius 3 is 2.46 bits per heavy atom. The van der Waals surface area contributed by atoms with Crippen LogP contribution in [-0.2, 0) is 11.3 Å². The van der Waals surface area contributed by atoms with Crippen molar-refractivity contribution in [1.82, 2.24) is 4.98 Å². The van der Waals surface area contributed by atoms with Gasteiger partial charge in [0.1, 0.15) is 22.2 Å². The molecule has 0 bridgehead atoms. The van der Waals surface area contributed by atoms with E-state index in [2.05, 4.69) is 4.98 Å². The van der Waals surface area contributed by atoms with Gasteiger partial charge in [-0.05, 0) is 48.9 Å². The number of carbonyl (C=O) groups is 2. The molecule has 6 nitrogen and oxygen atoms in total. The van der Waals surface area contributed by atoms with E-state index >= 15 is 0 Å². The molecule has 176 valence electrons. The fourth-order valence-electron chi connectivity index (χ4n) is 3.73. The van der Waals surface area contributed by atoms with Gasteiger partial charge in [-0.15, -0.1) is 22.7 Å². The number of fused-ring (bicyclic) bond motifs is 2. The number of thiazole rings is 1. The van der Waals surface area contributed by atoms with Gasteiger partial charge in [-0.3, -0.25) is 4.79 Å². The first-order valence-electron chi connectivity index (χ1n) is 10.6. The predicted molar refractivity (Wildman–Crippen MR) is 141 cm³/mol. The van der Waals surface area contributed by atoms with Crippen molar-refractivity contribution in [2.24, 2.45) is 0 Å². The molecule has 9 heteroatoms. The van der Waals surface area contributed by atoms with Crippen molar-refractivity contribution in [2.45, 2.75) is 13.5 Å². The van der Waals surface area contributed by atoms with Gasteiger partial charge in [0.2, 0.25) is 0 Å². The normalized spacial score (nSPS) is 11.1. The number of ether oxygens (including phenoxy) is 2. The molecule has 2 aromatic heterocycles. The number of imide groups is 1. The Bertz CT molecular complexity index is 1540. The number of para-hydroxylation sites is 1. The van der Waals surface area contributed by atoms with Crippen LogP contribution >= 0.6 is 34.3 Å². The summed E-state index contributed by atoms with van der Waals surface area (Å²) >= 11 is 9.33. The minimum absolute atomic E-state index is 0.272. The summed E-state index contributed by atoms with van der Waals surface area (Å²) in [6.07, 6.45) is -0.797. The van der Waals surface area contributed by atoms with E-state index in [-0.39, 0.29) is 4.88 Å². The summed E-state index contributed by atoms with van der Waals surface area (Å²) in [5.41, 5.74) is 2.00. The maximum Gasteiger partial charge on any atom is 0.421 e. The molecule has 0 N–H and O–H groups in total. The molecular formula is C26H19ClN2O4S2. The van der Waals surface area contributed by atoms with E-state index in [0.717, 1.165) is 30.2 Å². The van der Waals surface area contributed by atoms with Crippen LogP contribution in [0.15, 0.2) is 66.7 Å². The van der Waals surface area contributed by atoms with E-state index in [0.29, 0.717) is 28.6 Å². The van der Waals surface area contributed by atoms with Crippen LogP contribution in [0.2, 0.25) is 5.02 Å². The fraction of sp³-hybridized carbons (Fsp3) is 0.115. The van der Waals surface area contributed by atoms with Crippen molar-refractivity contribution >= 4 is 72.3 Å². The number of amides is 2. The minimum Gasteiger partial charge on any atom is -0.486 e. The Hall–Kier alpha value is -3.46. The predicted octanol–water partition coefficient (Wildman–Crippen LogP) is 7.47. The number of benzene rings is 3. The first-order valence-corrected chi connectivity index (χ1v) is 12.6. The molecule has 0 saturated heterocycles. The fourth-order valence-corrected chi connectivity index (χ4v) is 6.05. The lowest BCUT2D eigenvalue weighted by Gasteiger charge is -2.21. The van der Waals surface area contributed by atoms with E-state index < -0.39 is 12.0 Å². The Morgan fingerprint density at radius 1 is 1.00 bits per heavy atom. The second-order valence-corrected chi connectivity index (χ2v) is 10.2. The summed E-state index contributed by atoms with van der Waals surface area (Å²) in [5.74, 6) is 0.0527. The third-order valence-electron chi connectivity index (χ3n) is 5.40. The van der Waals surface area contributed by atoms with Crippen LogP contribution in [0.4, 0.5) is 10.5 Å². The van der Waals surface area contributed by atoms with Gasteiger partial charge in [-0.2, -0.15) is 0 Å². The number of nitrogens with zero attached hydrogens (tertiary/aromatic N) is 2. The van der Waals surface area contributed by atoms with Gasteiger partial charge < -0.3 is 9.47 Å². The van der Waals surface area contributed by atoms with Gasteiger partial charge in [0.15, 0.2) is 0 Å². The largest absolute Gasteiger partial charge is 0.486 e. The molecule has 0 aliphatic carbocycles. The number of aromatic nitrogens is 1. The van der Waals surface area contributed by atoms with E-state index in [1.165, 1.54) is 18.4 Å². The van der Waals surface area contributed by atoms with Crippen molar-refractivity contribution in [3.8, 4) is 5.75 Å². The number of rotatable bonds is 5. The zero-order valence-corrected chi connectivity index (χ0v) is 21.2. The zero-order valence-electron chi connectivity index (χ0n) is 18.8. The third-order valence-corrected chi connectivity index (χ3v) is 8.07. The van der Waals surface area contributed by atoms with E-state index in [4.69, 9.17) is 21.1 Å². The zero-order chi connectivity index (χ0) is 24.5. The van der Waals surface area contributed by atoms with Crippen molar-refractivity contribution in [3.63, 3.8) is 0 Å².